The van der Waals surface area contributed by atoms with Crippen LogP contribution in [0.5, 0.6) is 0 Å². The summed E-state index contributed by atoms with van der Waals surface area (Å²) in [5.41, 5.74) is 3.20. The van der Waals surface area contributed by atoms with E-state index in [4.69, 9.17) is 4.74 Å². The van der Waals surface area contributed by atoms with Crippen LogP contribution in [0.2, 0.25) is 0 Å². The molecule has 0 aromatic heterocycles. The molecule has 21 heavy (non-hydrogen) atoms. The molecular formula is C17H17NO3. The standard InChI is InChI=1S/C17H17NO3/c1-12-6-8-15(9-7-12)18-16(19)11-21-17(20)14-5-3-4-13(2)10-14/h3-10H,11H2,1-2H3,(H,18,19). The molecule has 0 aliphatic carbocycles. The summed E-state index contributed by atoms with van der Waals surface area (Å²) in [4.78, 5) is 23.5. The van der Waals surface area contributed by atoms with Gasteiger partial charge in [-0.3, -0.25) is 4.79 Å². The van der Waals surface area contributed by atoms with Gasteiger partial charge in [-0.25, -0.2) is 4.79 Å². The zero-order valence-corrected chi connectivity index (χ0v) is 12.1. The van der Waals surface area contributed by atoms with Crippen molar-refractivity contribution in [3.63, 3.8) is 0 Å². The maximum Gasteiger partial charge on any atom is 0.338 e. The average Bonchev–Trinajstić information content (AvgIpc) is 2.47. The fourth-order valence-electron chi connectivity index (χ4n) is 1.82. The molecule has 2 rings (SSSR count). The fraction of sp³-hybridized carbons (Fsp3) is 0.176. The Balaban J connectivity index is 1.86. The molecule has 0 radical (unpaired) electrons. The molecule has 0 atom stereocenters. The van der Waals surface area contributed by atoms with Gasteiger partial charge in [0, 0.05) is 5.69 Å². The van der Waals surface area contributed by atoms with E-state index in [9.17, 15) is 9.59 Å². The van der Waals surface area contributed by atoms with Crippen molar-refractivity contribution in [3.8, 4) is 0 Å². The highest BCUT2D eigenvalue weighted by atomic mass is 16.5. The number of esters is 1. The van der Waals surface area contributed by atoms with Crippen LogP contribution in [0.15, 0.2) is 48.5 Å². The van der Waals surface area contributed by atoms with Crippen LogP contribution in [0.25, 0.3) is 0 Å². The van der Waals surface area contributed by atoms with Crippen LogP contribution in [0.1, 0.15) is 21.5 Å². The van der Waals surface area contributed by atoms with Crippen molar-refractivity contribution in [2.24, 2.45) is 0 Å². The normalized spacial score (nSPS) is 10.0. The predicted molar refractivity (Wildman–Crippen MR) is 81.3 cm³/mol. The van der Waals surface area contributed by atoms with E-state index in [1.54, 1.807) is 30.3 Å². The van der Waals surface area contributed by atoms with E-state index in [1.807, 2.05) is 32.0 Å². The summed E-state index contributed by atoms with van der Waals surface area (Å²) in [5.74, 6) is -0.863. The number of anilines is 1. The Morgan fingerprint density at radius 1 is 1.00 bits per heavy atom. The largest absolute Gasteiger partial charge is 0.452 e. The molecule has 0 aliphatic heterocycles. The van der Waals surface area contributed by atoms with E-state index in [2.05, 4.69) is 5.32 Å². The number of carbonyl (C=O) groups is 2. The van der Waals surface area contributed by atoms with Gasteiger partial charge in [0.05, 0.1) is 5.56 Å². The third-order valence-electron chi connectivity index (χ3n) is 2.92. The monoisotopic (exact) mass is 283 g/mol. The third kappa shape index (κ3) is 4.45. The summed E-state index contributed by atoms with van der Waals surface area (Å²) < 4.78 is 4.99. The van der Waals surface area contributed by atoms with Crippen LogP contribution < -0.4 is 5.32 Å². The molecule has 0 saturated carbocycles. The van der Waals surface area contributed by atoms with Crippen molar-refractivity contribution in [1.29, 1.82) is 0 Å². The van der Waals surface area contributed by atoms with Gasteiger partial charge in [-0.2, -0.15) is 0 Å². The molecule has 0 unspecified atom stereocenters. The number of rotatable bonds is 4. The number of benzene rings is 2. The molecule has 0 heterocycles. The smallest absolute Gasteiger partial charge is 0.338 e. The van der Waals surface area contributed by atoms with Gasteiger partial charge in [0.25, 0.3) is 5.91 Å². The van der Waals surface area contributed by atoms with Crippen LogP contribution >= 0.6 is 0 Å². The number of hydrogen-bond donors (Lipinski definition) is 1. The molecule has 4 nitrogen and oxygen atoms in total. The van der Waals surface area contributed by atoms with E-state index in [0.717, 1.165) is 11.1 Å². The van der Waals surface area contributed by atoms with E-state index in [0.29, 0.717) is 11.3 Å². The molecule has 0 fully saturated rings. The van der Waals surface area contributed by atoms with Crippen molar-refractivity contribution < 1.29 is 14.3 Å². The lowest BCUT2D eigenvalue weighted by atomic mass is 10.1. The summed E-state index contributed by atoms with van der Waals surface area (Å²) in [6, 6.07) is 14.4. The molecule has 2 aromatic carbocycles. The maximum absolute atomic E-state index is 11.8. The van der Waals surface area contributed by atoms with Crippen LogP contribution in [0.3, 0.4) is 0 Å². The van der Waals surface area contributed by atoms with Gasteiger partial charge in [0.2, 0.25) is 0 Å². The van der Waals surface area contributed by atoms with Crippen molar-refractivity contribution in [2.45, 2.75) is 13.8 Å². The van der Waals surface area contributed by atoms with Gasteiger partial charge in [-0.05, 0) is 38.1 Å². The van der Waals surface area contributed by atoms with Crippen LogP contribution in [0.4, 0.5) is 5.69 Å². The minimum atomic E-state index is -0.502. The van der Waals surface area contributed by atoms with Gasteiger partial charge in [0.15, 0.2) is 6.61 Å². The summed E-state index contributed by atoms with van der Waals surface area (Å²) in [5, 5.41) is 2.67. The Morgan fingerprint density at radius 2 is 1.71 bits per heavy atom. The van der Waals surface area contributed by atoms with Crippen LogP contribution in [-0.2, 0) is 9.53 Å². The molecule has 0 bridgehead atoms. The zero-order valence-electron chi connectivity index (χ0n) is 12.1. The minimum Gasteiger partial charge on any atom is -0.452 e. The summed E-state index contributed by atoms with van der Waals surface area (Å²) in [6.45, 7) is 3.55. The second kappa shape index (κ2) is 6.70. The zero-order chi connectivity index (χ0) is 15.2. The van der Waals surface area contributed by atoms with E-state index < -0.39 is 5.97 Å². The highest BCUT2D eigenvalue weighted by molar-refractivity contribution is 5.95. The Morgan fingerprint density at radius 3 is 2.38 bits per heavy atom. The van der Waals surface area contributed by atoms with E-state index >= 15 is 0 Å². The van der Waals surface area contributed by atoms with Gasteiger partial charge < -0.3 is 10.1 Å². The van der Waals surface area contributed by atoms with Crippen molar-refractivity contribution in [1.82, 2.24) is 0 Å². The molecule has 2 aromatic rings. The first kappa shape index (κ1) is 14.8. The fourth-order valence-corrected chi connectivity index (χ4v) is 1.82. The minimum absolute atomic E-state index is 0.305. The Hall–Kier alpha value is -2.62. The lowest BCUT2D eigenvalue weighted by molar-refractivity contribution is -0.119. The number of hydrogen-bond acceptors (Lipinski definition) is 3. The Labute approximate surface area is 123 Å². The van der Waals surface area contributed by atoms with Crippen LogP contribution in [0, 0.1) is 13.8 Å². The first-order valence-corrected chi connectivity index (χ1v) is 6.65. The highest BCUT2D eigenvalue weighted by Gasteiger charge is 2.10. The summed E-state index contributed by atoms with van der Waals surface area (Å²) >= 11 is 0. The second-order valence-electron chi connectivity index (χ2n) is 4.86. The number of nitrogens with one attached hydrogen (secondary N) is 1. The number of amides is 1. The van der Waals surface area contributed by atoms with E-state index in [1.165, 1.54) is 0 Å². The first-order valence-electron chi connectivity index (χ1n) is 6.65. The SMILES string of the molecule is Cc1ccc(NC(=O)COC(=O)c2cccc(C)c2)cc1. The van der Waals surface area contributed by atoms with Gasteiger partial charge >= 0.3 is 5.97 Å². The van der Waals surface area contributed by atoms with Crippen LogP contribution in [-0.4, -0.2) is 18.5 Å². The van der Waals surface area contributed by atoms with Crippen molar-refractivity contribution in [3.05, 3.63) is 65.2 Å². The Bertz CT molecular complexity index is 647. The molecule has 0 saturated heterocycles. The molecule has 108 valence electrons. The summed E-state index contributed by atoms with van der Waals surface area (Å²) in [7, 11) is 0. The third-order valence-corrected chi connectivity index (χ3v) is 2.92. The molecule has 0 spiro atoms. The average molecular weight is 283 g/mol. The second-order valence-corrected chi connectivity index (χ2v) is 4.86. The number of aryl methyl sites for hydroxylation is 2. The lowest BCUT2D eigenvalue weighted by Gasteiger charge is -2.07. The van der Waals surface area contributed by atoms with Crippen molar-refractivity contribution >= 4 is 17.6 Å². The molecule has 4 heteroatoms. The van der Waals surface area contributed by atoms with Gasteiger partial charge in [-0.15, -0.1) is 0 Å². The Kier molecular flexibility index (Phi) is 4.72. The first-order chi connectivity index (χ1) is 10.0. The molecule has 0 aliphatic rings. The number of ether oxygens (including phenoxy) is 1. The van der Waals surface area contributed by atoms with E-state index in [-0.39, 0.29) is 12.5 Å². The molecule has 1 N–H and O–H groups in total. The lowest BCUT2D eigenvalue weighted by Crippen LogP contribution is -2.20. The quantitative estimate of drug-likeness (QED) is 0.877. The highest BCUT2D eigenvalue weighted by Crippen LogP contribution is 2.09. The molecule has 1 amide bonds. The molecular weight excluding hydrogens is 266 g/mol. The maximum atomic E-state index is 11.8. The predicted octanol–water partition coefficient (Wildman–Crippen LogP) is 3.10. The number of carbonyl (C=O) groups excluding carboxylic acids is 2. The van der Waals surface area contributed by atoms with Gasteiger partial charge in [-0.1, -0.05) is 35.4 Å². The van der Waals surface area contributed by atoms with Crippen molar-refractivity contribution in [2.75, 3.05) is 11.9 Å². The topological polar surface area (TPSA) is 55.4 Å². The summed E-state index contributed by atoms with van der Waals surface area (Å²) in [6.07, 6.45) is 0. The van der Waals surface area contributed by atoms with Gasteiger partial charge in [0.1, 0.15) is 0 Å².